The molecule has 6 nitrogen and oxygen atoms in total. The van der Waals surface area contributed by atoms with Gasteiger partial charge in [0.05, 0.1) is 6.04 Å². The molecule has 0 unspecified atom stereocenters. The van der Waals surface area contributed by atoms with Crippen LogP contribution in [0.1, 0.15) is 18.4 Å². The molecule has 2 atom stereocenters. The lowest BCUT2D eigenvalue weighted by atomic mass is 10.0. The van der Waals surface area contributed by atoms with E-state index in [1.54, 1.807) is 0 Å². The number of hydrogen-bond donors (Lipinski definition) is 1. The molecule has 0 spiro atoms. The average Bonchev–Trinajstić information content (AvgIpc) is 2.70. The second-order valence-electron chi connectivity index (χ2n) is 5.17. The fraction of sp³-hybridized carbons (Fsp3) is 0.429. The van der Waals surface area contributed by atoms with E-state index in [9.17, 15) is 9.59 Å². The first kappa shape index (κ1) is 12.9. The Morgan fingerprint density at radius 2 is 2.05 bits per heavy atom. The van der Waals surface area contributed by atoms with Gasteiger partial charge in [-0.25, -0.2) is 4.79 Å². The lowest BCUT2D eigenvalue weighted by Gasteiger charge is -2.27. The number of hydroxylamine groups is 2. The highest BCUT2D eigenvalue weighted by Crippen LogP contribution is 2.30. The Bertz CT molecular complexity index is 520. The number of urea groups is 1. The van der Waals surface area contributed by atoms with Gasteiger partial charge in [-0.2, -0.15) is 5.06 Å². The number of benzene rings is 1. The van der Waals surface area contributed by atoms with E-state index in [2.05, 4.69) is 0 Å². The summed E-state index contributed by atoms with van der Waals surface area (Å²) >= 11 is 0. The Morgan fingerprint density at radius 3 is 2.75 bits per heavy atom. The minimum absolute atomic E-state index is 0.0156. The smallest absolute Gasteiger partial charge is 0.345 e. The van der Waals surface area contributed by atoms with Crippen molar-refractivity contribution < 1.29 is 14.4 Å². The number of amides is 3. The molecule has 106 valence electrons. The van der Waals surface area contributed by atoms with E-state index in [0.29, 0.717) is 19.6 Å². The molecule has 0 aromatic heterocycles. The van der Waals surface area contributed by atoms with Gasteiger partial charge in [0.1, 0.15) is 12.6 Å². The number of piperidine rings is 1. The van der Waals surface area contributed by atoms with Crippen molar-refractivity contribution in [1.29, 1.82) is 0 Å². The maximum Gasteiger partial charge on any atom is 0.345 e. The van der Waals surface area contributed by atoms with Crippen LogP contribution in [-0.2, 0) is 16.2 Å². The lowest BCUT2D eigenvalue weighted by molar-refractivity contribution is -0.140. The third-order valence-electron chi connectivity index (χ3n) is 3.86. The van der Waals surface area contributed by atoms with Gasteiger partial charge in [-0.3, -0.25) is 9.63 Å². The number of rotatable bonds is 4. The van der Waals surface area contributed by atoms with E-state index in [1.807, 2.05) is 30.3 Å². The number of carbonyl (C=O) groups excluding carboxylic acids is 2. The predicted molar refractivity (Wildman–Crippen MR) is 71.2 cm³/mol. The van der Waals surface area contributed by atoms with Crippen LogP contribution < -0.4 is 5.73 Å². The van der Waals surface area contributed by atoms with Crippen molar-refractivity contribution in [2.45, 2.75) is 31.5 Å². The molecule has 0 radical (unpaired) electrons. The molecule has 20 heavy (non-hydrogen) atoms. The Hall–Kier alpha value is -2.08. The van der Waals surface area contributed by atoms with E-state index in [0.717, 1.165) is 12.0 Å². The second kappa shape index (κ2) is 5.13. The molecule has 3 amide bonds. The van der Waals surface area contributed by atoms with Crippen molar-refractivity contribution in [3.63, 3.8) is 0 Å². The second-order valence-corrected chi connectivity index (χ2v) is 5.17. The standard InChI is InChI=1S/C14H17N3O3/c15-13(18)12-7-6-11-8-16(12)14(19)17(11)20-9-10-4-2-1-3-5-10/h1-5,11-12H,6-9H2,(H2,15,18)/t11-,12-/m0/s1. The Balaban J connectivity index is 1.67. The molecule has 2 heterocycles. The number of carbonyl (C=O) groups is 2. The van der Waals surface area contributed by atoms with Crippen LogP contribution in [0.4, 0.5) is 4.79 Å². The zero-order valence-corrected chi connectivity index (χ0v) is 11.1. The Labute approximate surface area is 117 Å². The number of nitrogens with two attached hydrogens (primary N) is 1. The fourth-order valence-electron chi connectivity index (χ4n) is 2.81. The summed E-state index contributed by atoms with van der Waals surface area (Å²) in [5.41, 5.74) is 6.34. The van der Waals surface area contributed by atoms with Crippen LogP contribution >= 0.6 is 0 Å². The summed E-state index contributed by atoms with van der Waals surface area (Å²) in [6, 6.07) is 8.93. The Morgan fingerprint density at radius 1 is 1.30 bits per heavy atom. The molecule has 2 aliphatic heterocycles. The van der Waals surface area contributed by atoms with Gasteiger partial charge in [-0.05, 0) is 18.4 Å². The maximum atomic E-state index is 12.2. The minimum Gasteiger partial charge on any atom is -0.368 e. The molecule has 2 bridgehead atoms. The SMILES string of the molecule is NC(=O)[C@@H]1CC[C@H]2CN1C(=O)N2OCc1ccccc1. The van der Waals surface area contributed by atoms with Gasteiger partial charge < -0.3 is 10.6 Å². The van der Waals surface area contributed by atoms with E-state index in [4.69, 9.17) is 10.6 Å². The van der Waals surface area contributed by atoms with Gasteiger partial charge >= 0.3 is 6.03 Å². The van der Waals surface area contributed by atoms with Gasteiger partial charge in [-0.1, -0.05) is 30.3 Å². The first-order valence-corrected chi connectivity index (χ1v) is 6.73. The van der Waals surface area contributed by atoms with Crippen LogP contribution in [0, 0.1) is 0 Å². The van der Waals surface area contributed by atoms with Gasteiger partial charge in [0.2, 0.25) is 5.91 Å². The van der Waals surface area contributed by atoms with Crippen molar-refractivity contribution in [1.82, 2.24) is 9.96 Å². The van der Waals surface area contributed by atoms with Crippen molar-refractivity contribution in [3.8, 4) is 0 Å². The molecule has 2 N–H and O–H groups in total. The normalized spacial score (nSPS) is 25.1. The van der Waals surface area contributed by atoms with Crippen LogP contribution in [0.5, 0.6) is 0 Å². The molecule has 0 aliphatic carbocycles. The van der Waals surface area contributed by atoms with Crippen molar-refractivity contribution in [3.05, 3.63) is 35.9 Å². The van der Waals surface area contributed by atoms with E-state index < -0.39 is 11.9 Å². The number of fused-ring (bicyclic) bond motifs is 2. The van der Waals surface area contributed by atoms with Crippen LogP contribution in [0.25, 0.3) is 0 Å². The summed E-state index contributed by atoms with van der Waals surface area (Å²) in [5, 5.41) is 1.40. The van der Waals surface area contributed by atoms with E-state index in [1.165, 1.54) is 9.96 Å². The van der Waals surface area contributed by atoms with Crippen LogP contribution in [0.2, 0.25) is 0 Å². The predicted octanol–water partition coefficient (Wildman–Crippen LogP) is 0.872. The van der Waals surface area contributed by atoms with Gasteiger partial charge in [0.15, 0.2) is 0 Å². The van der Waals surface area contributed by atoms with Crippen LogP contribution in [0.15, 0.2) is 30.3 Å². The summed E-state index contributed by atoms with van der Waals surface area (Å²) in [6.45, 7) is 0.861. The highest BCUT2D eigenvalue weighted by Gasteiger charge is 2.47. The lowest BCUT2D eigenvalue weighted by Crippen LogP contribution is -2.47. The first-order chi connectivity index (χ1) is 9.66. The Kier molecular flexibility index (Phi) is 3.31. The molecule has 2 fully saturated rings. The molecule has 1 aromatic rings. The third-order valence-corrected chi connectivity index (χ3v) is 3.86. The summed E-state index contributed by atoms with van der Waals surface area (Å²) in [5.74, 6) is -0.443. The monoisotopic (exact) mass is 275 g/mol. The molecule has 1 aromatic carbocycles. The topological polar surface area (TPSA) is 75.9 Å². The summed E-state index contributed by atoms with van der Waals surface area (Å²) in [7, 11) is 0. The largest absolute Gasteiger partial charge is 0.368 e. The van der Waals surface area contributed by atoms with Crippen LogP contribution in [0.3, 0.4) is 0 Å². The number of nitrogens with zero attached hydrogens (tertiary/aromatic N) is 2. The zero-order valence-electron chi connectivity index (χ0n) is 11.1. The van der Waals surface area contributed by atoms with Crippen LogP contribution in [-0.4, -0.2) is 40.5 Å². The highest BCUT2D eigenvalue weighted by atomic mass is 16.7. The van der Waals surface area contributed by atoms with Gasteiger partial charge in [0.25, 0.3) is 0 Å². The highest BCUT2D eigenvalue weighted by molar-refractivity contribution is 5.87. The van der Waals surface area contributed by atoms with Gasteiger partial charge in [0, 0.05) is 6.54 Å². The van der Waals surface area contributed by atoms with E-state index in [-0.39, 0.29) is 12.1 Å². The quantitative estimate of drug-likeness (QED) is 0.886. The average molecular weight is 275 g/mol. The molecular formula is C14H17N3O3. The fourth-order valence-corrected chi connectivity index (χ4v) is 2.81. The minimum atomic E-state index is -0.496. The first-order valence-electron chi connectivity index (χ1n) is 6.73. The zero-order chi connectivity index (χ0) is 14.1. The maximum absolute atomic E-state index is 12.2. The molecule has 0 saturated carbocycles. The van der Waals surface area contributed by atoms with Crippen molar-refractivity contribution >= 4 is 11.9 Å². The third kappa shape index (κ3) is 2.22. The molecule has 2 aliphatic rings. The molecule has 3 rings (SSSR count). The number of primary amides is 1. The van der Waals surface area contributed by atoms with E-state index >= 15 is 0 Å². The van der Waals surface area contributed by atoms with Gasteiger partial charge in [-0.15, -0.1) is 0 Å². The summed E-state index contributed by atoms with van der Waals surface area (Å²) < 4.78 is 0. The molecule has 6 heteroatoms. The summed E-state index contributed by atoms with van der Waals surface area (Å²) in [6.07, 6.45) is 1.35. The molecule has 2 saturated heterocycles. The van der Waals surface area contributed by atoms with Crippen molar-refractivity contribution in [2.75, 3.05) is 6.54 Å². The molecular weight excluding hydrogens is 258 g/mol. The van der Waals surface area contributed by atoms with Crippen molar-refractivity contribution in [2.24, 2.45) is 5.73 Å². The summed E-state index contributed by atoms with van der Waals surface area (Å²) in [4.78, 5) is 30.7. The number of hydrogen-bond acceptors (Lipinski definition) is 3.